The van der Waals surface area contributed by atoms with Crippen LogP contribution in [-0.4, -0.2) is 53.4 Å². The number of ether oxygens (including phenoxy) is 1. The Kier molecular flexibility index (Phi) is 9.02. The summed E-state index contributed by atoms with van der Waals surface area (Å²) in [6.45, 7) is 1.97. The van der Waals surface area contributed by atoms with Gasteiger partial charge in [0.2, 0.25) is 0 Å². The van der Waals surface area contributed by atoms with Crippen molar-refractivity contribution in [3.05, 3.63) is 51.7 Å². The van der Waals surface area contributed by atoms with Crippen LogP contribution in [-0.2, 0) is 22.6 Å². The molecule has 12 heteroatoms. The summed E-state index contributed by atoms with van der Waals surface area (Å²) >= 11 is 1.51. The van der Waals surface area contributed by atoms with Crippen molar-refractivity contribution in [2.24, 2.45) is 0 Å². The summed E-state index contributed by atoms with van der Waals surface area (Å²) in [6, 6.07) is 10.7. The molecule has 3 rings (SSSR count). The van der Waals surface area contributed by atoms with Crippen LogP contribution in [0.3, 0.4) is 0 Å². The van der Waals surface area contributed by atoms with E-state index in [4.69, 9.17) is 14.6 Å². The minimum atomic E-state index is -5.08. The first-order valence-electron chi connectivity index (χ1n) is 9.43. The van der Waals surface area contributed by atoms with Crippen LogP contribution in [0.25, 0.3) is 0 Å². The Morgan fingerprint density at radius 3 is 2.41 bits per heavy atom. The van der Waals surface area contributed by atoms with E-state index in [1.807, 2.05) is 12.1 Å². The van der Waals surface area contributed by atoms with Crippen LogP contribution in [0.15, 0.2) is 36.4 Å². The van der Waals surface area contributed by atoms with Gasteiger partial charge >= 0.3 is 18.1 Å². The van der Waals surface area contributed by atoms with E-state index in [0.29, 0.717) is 10.6 Å². The third-order valence-electron chi connectivity index (χ3n) is 4.20. The lowest BCUT2D eigenvalue weighted by Crippen LogP contribution is -2.33. The van der Waals surface area contributed by atoms with Gasteiger partial charge in [0, 0.05) is 30.9 Å². The van der Waals surface area contributed by atoms with E-state index >= 15 is 0 Å². The van der Waals surface area contributed by atoms with E-state index in [1.165, 1.54) is 21.8 Å². The summed E-state index contributed by atoms with van der Waals surface area (Å²) in [6.07, 6.45) is -4.94. The van der Waals surface area contributed by atoms with Gasteiger partial charge in [0.25, 0.3) is 5.91 Å². The smallest absolute Gasteiger partial charge is 0.479 e. The lowest BCUT2D eigenvalue weighted by Gasteiger charge is -2.15. The molecule has 1 aromatic carbocycles. The Balaban J connectivity index is 0.000000451. The molecule has 1 atom stereocenters. The number of hydrogen-bond acceptors (Lipinski definition) is 6. The number of thiophene rings is 1. The van der Waals surface area contributed by atoms with E-state index in [-0.39, 0.29) is 18.9 Å². The highest BCUT2D eigenvalue weighted by Crippen LogP contribution is 2.25. The average Bonchev–Trinajstić information content (AvgIpc) is 3.18. The topological polar surface area (TPSA) is 125 Å². The quantitative estimate of drug-likeness (QED) is 0.486. The first-order valence-corrected chi connectivity index (χ1v) is 10.2. The SMILES string of the molecule is O=C(NCCC(Oc1ccccc1)C(=O)O)c1cc2c(s1)CCNC2.O=C(O)C(F)(F)F. The maximum atomic E-state index is 12.3. The van der Waals surface area contributed by atoms with E-state index in [2.05, 4.69) is 10.6 Å². The van der Waals surface area contributed by atoms with Crippen LogP contribution in [0.4, 0.5) is 13.2 Å². The molecule has 0 saturated carbocycles. The summed E-state index contributed by atoms with van der Waals surface area (Å²) in [5, 5.41) is 22.5. The van der Waals surface area contributed by atoms with Crippen molar-refractivity contribution in [2.45, 2.75) is 31.7 Å². The summed E-state index contributed by atoms with van der Waals surface area (Å²) in [5.41, 5.74) is 1.18. The molecule has 8 nitrogen and oxygen atoms in total. The van der Waals surface area contributed by atoms with Gasteiger partial charge in [-0.25, -0.2) is 9.59 Å². The highest BCUT2D eigenvalue weighted by Gasteiger charge is 2.38. The first-order chi connectivity index (χ1) is 15.1. The third kappa shape index (κ3) is 7.85. The predicted molar refractivity (Wildman–Crippen MR) is 109 cm³/mol. The molecule has 2 heterocycles. The summed E-state index contributed by atoms with van der Waals surface area (Å²) in [5.74, 6) is -3.47. The Hall–Kier alpha value is -3.12. The minimum Gasteiger partial charge on any atom is -0.479 e. The van der Waals surface area contributed by atoms with Crippen LogP contribution in [0.1, 0.15) is 26.5 Å². The van der Waals surface area contributed by atoms with E-state index in [0.717, 1.165) is 19.5 Å². The average molecular weight is 474 g/mol. The van der Waals surface area contributed by atoms with E-state index in [9.17, 15) is 27.9 Å². The molecular formula is C20H21F3N2O6S. The lowest BCUT2D eigenvalue weighted by atomic mass is 10.1. The van der Waals surface area contributed by atoms with E-state index < -0.39 is 24.2 Å². The summed E-state index contributed by atoms with van der Waals surface area (Å²) in [7, 11) is 0. The molecule has 0 saturated heterocycles. The maximum Gasteiger partial charge on any atom is 0.490 e. The number of hydrogen-bond donors (Lipinski definition) is 4. The number of amides is 1. The van der Waals surface area contributed by atoms with Crippen molar-refractivity contribution in [1.82, 2.24) is 10.6 Å². The van der Waals surface area contributed by atoms with Crippen LogP contribution >= 0.6 is 11.3 Å². The van der Waals surface area contributed by atoms with Crippen molar-refractivity contribution in [3.8, 4) is 5.75 Å². The molecular weight excluding hydrogens is 453 g/mol. The van der Waals surface area contributed by atoms with Gasteiger partial charge < -0.3 is 25.6 Å². The highest BCUT2D eigenvalue weighted by molar-refractivity contribution is 7.14. The molecule has 0 radical (unpaired) electrons. The molecule has 0 aliphatic carbocycles. The zero-order chi connectivity index (χ0) is 23.7. The van der Waals surface area contributed by atoms with Gasteiger partial charge in [-0.1, -0.05) is 18.2 Å². The largest absolute Gasteiger partial charge is 0.490 e. The molecule has 4 N–H and O–H groups in total. The summed E-state index contributed by atoms with van der Waals surface area (Å²) in [4.78, 5) is 34.4. The molecule has 2 aromatic rings. The van der Waals surface area contributed by atoms with Gasteiger partial charge in [-0.3, -0.25) is 4.79 Å². The second kappa shape index (κ2) is 11.5. The Morgan fingerprint density at radius 1 is 1.19 bits per heavy atom. The number of fused-ring (bicyclic) bond motifs is 1. The zero-order valence-electron chi connectivity index (χ0n) is 16.6. The van der Waals surface area contributed by atoms with Crippen molar-refractivity contribution < 1.29 is 42.5 Å². The number of benzene rings is 1. The van der Waals surface area contributed by atoms with Gasteiger partial charge in [0.05, 0.1) is 4.88 Å². The van der Waals surface area contributed by atoms with Crippen molar-refractivity contribution in [2.75, 3.05) is 13.1 Å². The molecule has 1 aromatic heterocycles. The fraction of sp³-hybridized carbons (Fsp3) is 0.350. The number of carbonyl (C=O) groups excluding carboxylic acids is 1. The van der Waals surface area contributed by atoms with Crippen molar-refractivity contribution in [3.63, 3.8) is 0 Å². The first kappa shape index (κ1) is 25.1. The number of halogens is 3. The lowest BCUT2D eigenvalue weighted by molar-refractivity contribution is -0.192. The molecule has 0 bridgehead atoms. The van der Waals surface area contributed by atoms with Gasteiger partial charge in [0.15, 0.2) is 6.10 Å². The number of carboxylic acids is 2. The molecule has 1 aliphatic rings. The third-order valence-corrected chi connectivity index (χ3v) is 5.43. The Bertz CT molecular complexity index is 910. The molecule has 32 heavy (non-hydrogen) atoms. The van der Waals surface area contributed by atoms with Crippen LogP contribution in [0.2, 0.25) is 0 Å². The molecule has 1 aliphatic heterocycles. The highest BCUT2D eigenvalue weighted by atomic mass is 32.1. The summed E-state index contributed by atoms with van der Waals surface area (Å²) < 4.78 is 37.2. The van der Waals surface area contributed by atoms with Gasteiger partial charge in [-0.2, -0.15) is 13.2 Å². The minimum absolute atomic E-state index is 0.164. The standard InChI is InChI=1S/C18H20N2O4S.C2HF3O2/c21-17(16-10-12-11-19-8-7-15(12)25-16)20-9-6-14(18(22)23)24-13-4-2-1-3-5-13;3-2(4,5)1(6)7/h1-5,10,14,19H,6-9,11H2,(H,20,21)(H,22,23);(H,6,7). The van der Waals surface area contributed by atoms with Gasteiger partial charge in [0.1, 0.15) is 5.75 Å². The van der Waals surface area contributed by atoms with Crippen LogP contribution in [0, 0.1) is 0 Å². The molecule has 0 fully saturated rings. The second-order valence-electron chi connectivity index (χ2n) is 6.59. The fourth-order valence-electron chi connectivity index (χ4n) is 2.66. The molecule has 174 valence electrons. The predicted octanol–water partition coefficient (Wildman–Crippen LogP) is 2.68. The van der Waals surface area contributed by atoms with Crippen LogP contribution in [0.5, 0.6) is 5.75 Å². The molecule has 1 unspecified atom stereocenters. The fourth-order valence-corrected chi connectivity index (χ4v) is 3.76. The maximum absolute atomic E-state index is 12.3. The Morgan fingerprint density at radius 2 is 1.84 bits per heavy atom. The molecule has 0 spiro atoms. The number of carboxylic acid groups (broad SMARTS) is 2. The van der Waals surface area contributed by atoms with E-state index in [1.54, 1.807) is 24.3 Å². The Labute approximate surface area is 185 Å². The monoisotopic (exact) mass is 474 g/mol. The number of alkyl halides is 3. The van der Waals surface area contributed by atoms with Crippen molar-refractivity contribution in [1.29, 1.82) is 0 Å². The van der Waals surface area contributed by atoms with Crippen LogP contribution < -0.4 is 15.4 Å². The number of carbonyl (C=O) groups is 3. The normalized spacial score (nSPS) is 13.7. The van der Waals surface area contributed by atoms with Gasteiger partial charge in [-0.05, 0) is 30.2 Å². The zero-order valence-corrected chi connectivity index (χ0v) is 17.5. The van der Waals surface area contributed by atoms with Gasteiger partial charge in [-0.15, -0.1) is 11.3 Å². The number of para-hydroxylation sites is 1. The number of nitrogens with one attached hydrogen (secondary N) is 2. The number of aliphatic carboxylic acids is 2. The number of rotatable bonds is 7. The van der Waals surface area contributed by atoms with Crippen molar-refractivity contribution >= 4 is 29.2 Å². The second-order valence-corrected chi connectivity index (χ2v) is 7.73. The molecule has 1 amide bonds.